The maximum atomic E-state index is 12.2. The number of carbonyl (C=O) groups excluding carboxylic acids is 2. The number of ketones is 1. The normalized spacial score (nSPS) is 18.1. The van der Waals surface area contributed by atoms with Crippen molar-refractivity contribution in [3.63, 3.8) is 0 Å². The number of allylic oxidation sites excluding steroid dienone is 1. The standard InChI is InChI=1S/C13H10BrClO3/c1-18-12(16)5-7-4-11(14)10-6-8(15)2-3-9(10)13(7)17/h2-4,6-7H,5H2,1H3. The number of ether oxygens (including phenoxy) is 1. The van der Waals surface area contributed by atoms with Crippen molar-refractivity contribution in [2.24, 2.45) is 5.92 Å². The largest absolute Gasteiger partial charge is 0.469 e. The Labute approximate surface area is 118 Å². The zero-order valence-electron chi connectivity index (χ0n) is 9.57. The molecule has 0 aliphatic heterocycles. The first-order valence-corrected chi connectivity index (χ1v) is 6.48. The van der Waals surface area contributed by atoms with Crippen molar-refractivity contribution in [3.8, 4) is 0 Å². The maximum absolute atomic E-state index is 12.2. The number of halogens is 2. The summed E-state index contributed by atoms with van der Waals surface area (Å²) in [7, 11) is 1.31. The van der Waals surface area contributed by atoms with Gasteiger partial charge in [0.2, 0.25) is 0 Å². The van der Waals surface area contributed by atoms with Crippen LogP contribution in [0.4, 0.5) is 0 Å². The molecule has 1 aliphatic carbocycles. The number of rotatable bonds is 2. The Kier molecular flexibility index (Phi) is 3.88. The number of hydrogen-bond donors (Lipinski definition) is 0. The van der Waals surface area contributed by atoms with Crippen molar-refractivity contribution < 1.29 is 14.3 Å². The lowest BCUT2D eigenvalue weighted by Crippen LogP contribution is -2.21. The minimum absolute atomic E-state index is 0.0481. The highest BCUT2D eigenvalue weighted by Crippen LogP contribution is 2.35. The molecule has 1 unspecified atom stereocenters. The van der Waals surface area contributed by atoms with Crippen LogP contribution in [0, 0.1) is 5.92 Å². The minimum Gasteiger partial charge on any atom is -0.469 e. The van der Waals surface area contributed by atoms with E-state index in [4.69, 9.17) is 11.6 Å². The Hall–Kier alpha value is -1.13. The number of benzene rings is 1. The molecule has 0 heterocycles. The quantitative estimate of drug-likeness (QED) is 0.781. The summed E-state index contributed by atoms with van der Waals surface area (Å²) in [4.78, 5) is 23.5. The zero-order valence-corrected chi connectivity index (χ0v) is 11.9. The SMILES string of the molecule is COC(=O)CC1C=C(Br)c2cc(Cl)ccc2C1=O. The highest BCUT2D eigenvalue weighted by molar-refractivity contribution is 9.15. The van der Waals surface area contributed by atoms with Gasteiger partial charge < -0.3 is 4.74 Å². The number of methoxy groups -OCH3 is 1. The molecule has 0 radical (unpaired) electrons. The predicted molar refractivity (Wildman–Crippen MR) is 72.8 cm³/mol. The maximum Gasteiger partial charge on any atom is 0.306 e. The molecular weight excluding hydrogens is 319 g/mol. The van der Waals surface area contributed by atoms with Gasteiger partial charge in [-0.1, -0.05) is 33.6 Å². The van der Waals surface area contributed by atoms with E-state index in [1.165, 1.54) is 7.11 Å². The molecule has 94 valence electrons. The molecule has 0 amide bonds. The van der Waals surface area contributed by atoms with Crippen LogP contribution in [0.2, 0.25) is 5.02 Å². The third kappa shape index (κ3) is 2.49. The molecule has 0 spiro atoms. The third-order valence-corrected chi connectivity index (χ3v) is 3.73. The Balaban J connectivity index is 2.38. The molecule has 1 aromatic carbocycles. The van der Waals surface area contributed by atoms with Gasteiger partial charge in [-0.25, -0.2) is 0 Å². The lowest BCUT2D eigenvalue weighted by atomic mass is 9.86. The van der Waals surface area contributed by atoms with Crippen LogP contribution in [0.1, 0.15) is 22.3 Å². The monoisotopic (exact) mass is 328 g/mol. The van der Waals surface area contributed by atoms with Crippen LogP contribution >= 0.6 is 27.5 Å². The minimum atomic E-state index is -0.486. The number of carbonyl (C=O) groups is 2. The summed E-state index contributed by atoms with van der Waals surface area (Å²) < 4.78 is 5.36. The van der Waals surface area contributed by atoms with E-state index < -0.39 is 11.9 Å². The van der Waals surface area contributed by atoms with Gasteiger partial charge in [-0.3, -0.25) is 9.59 Å². The van der Waals surface area contributed by atoms with Gasteiger partial charge in [0.15, 0.2) is 5.78 Å². The predicted octanol–water partition coefficient (Wildman–Crippen LogP) is 3.45. The van der Waals surface area contributed by atoms with Crippen LogP contribution in [0.3, 0.4) is 0 Å². The number of hydrogen-bond acceptors (Lipinski definition) is 3. The lowest BCUT2D eigenvalue weighted by Gasteiger charge is -2.20. The molecule has 1 aromatic rings. The Bertz CT molecular complexity index is 551. The fourth-order valence-electron chi connectivity index (χ4n) is 1.89. The Morgan fingerprint density at radius 1 is 1.44 bits per heavy atom. The third-order valence-electron chi connectivity index (χ3n) is 2.80. The molecular formula is C13H10BrClO3. The Morgan fingerprint density at radius 2 is 2.17 bits per heavy atom. The molecule has 18 heavy (non-hydrogen) atoms. The van der Waals surface area contributed by atoms with Crippen LogP contribution in [-0.2, 0) is 9.53 Å². The van der Waals surface area contributed by atoms with Crippen molar-refractivity contribution in [2.75, 3.05) is 7.11 Å². The van der Waals surface area contributed by atoms with Gasteiger partial charge in [0.1, 0.15) is 0 Å². The molecule has 0 aromatic heterocycles. The summed E-state index contributed by atoms with van der Waals surface area (Å²) in [6.45, 7) is 0. The summed E-state index contributed by atoms with van der Waals surface area (Å²) >= 11 is 9.30. The van der Waals surface area contributed by atoms with Gasteiger partial charge in [-0.2, -0.15) is 0 Å². The highest BCUT2D eigenvalue weighted by Gasteiger charge is 2.28. The second kappa shape index (κ2) is 5.24. The lowest BCUT2D eigenvalue weighted by molar-refractivity contribution is -0.141. The van der Waals surface area contributed by atoms with Gasteiger partial charge in [-0.05, 0) is 18.2 Å². The van der Waals surface area contributed by atoms with Crippen molar-refractivity contribution >= 4 is 43.8 Å². The molecule has 0 fully saturated rings. The number of Topliss-reactive ketones (excluding diaryl/α,β-unsaturated/α-hetero) is 1. The van der Waals surface area contributed by atoms with E-state index in [1.54, 1.807) is 24.3 Å². The Morgan fingerprint density at radius 3 is 2.83 bits per heavy atom. The first-order valence-electron chi connectivity index (χ1n) is 5.31. The zero-order chi connectivity index (χ0) is 13.3. The van der Waals surface area contributed by atoms with E-state index >= 15 is 0 Å². The molecule has 1 aliphatic rings. The van der Waals surface area contributed by atoms with Crippen molar-refractivity contribution in [3.05, 3.63) is 40.4 Å². The van der Waals surface area contributed by atoms with Crippen LogP contribution < -0.4 is 0 Å². The van der Waals surface area contributed by atoms with Gasteiger partial charge in [0, 0.05) is 20.6 Å². The molecule has 0 saturated carbocycles. The fourth-order valence-corrected chi connectivity index (χ4v) is 2.70. The van der Waals surface area contributed by atoms with Gasteiger partial charge in [0.25, 0.3) is 0 Å². The average Bonchev–Trinajstić information content (AvgIpc) is 2.35. The van der Waals surface area contributed by atoms with E-state index in [0.717, 1.165) is 10.0 Å². The van der Waals surface area contributed by atoms with E-state index in [-0.39, 0.29) is 12.2 Å². The number of esters is 1. The van der Waals surface area contributed by atoms with Crippen LogP contribution in [0.15, 0.2) is 24.3 Å². The van der Waals surface area contributed by atoms with Crippen LogP contribution in [0.25, 0.3) is 4.48 Å². The molecule has 0 bridgehead atoms. The summed E-state index contributed by atoms with van der Waals surface area (Å²) in [5.74, 6) is -0.974. The summed E-state index contributed by atoms with van der Waals surface area (Å²) in [5, 5.41) is 0.568. The molecule has 2 rings (SSSR count). The average molecular weight is 330 g/mol. The van der Waals surface area contributed by atoms with Crippen LogP contribution in [-0.4, -0.2) is 18.9 Å². The molecule has 0 saturated heterocycles. The summed E-state index contributed by atoms with van der Waals surface area (Å²) in [6.07, 6.45) is 1.77. The summed E-state index contributed by atoms with van der Waals surface area (Å²) in [5.41, 5.74) is 1.33. The van der Waals surface area contributed by atoms with Gasteiger partial charge >= 0.3 is 5.97 Å². The van der Waals surface area contributed by atoms with Crippen molar-refractivity contribution in [2.45, 2.75) is 6.42 Å². The second-order valence-corrected chi connectivity index (χ2v) is 5.25. The first-order chi connectivity index (χ1) is 8.52. The van der Waals surface area contributed by atoms with E-state index in [9.17, 15) is 9.59 Å². The van der Waals surface area contributed by atoms with E-state index in [1.807, 2.05) is 0 Å². The first kappa shape index (κ1) is 13.3. The molecule has 3 nitrogen and oxygen atoms in total. The van der Waals surface area contributed by atoms with E-state index in [2.05, 4.69) is 20.7 Å². The van der Waals surface area contributed by atoms with Gasteiger partial charge in [-0.15, -0.1) is 0 Å². The van der Waals surface area contributed by atoms with E-state index in [0.29, 0.717) is 10.6 Å². The molecule has 1 atom stereocenters. The topological polar surface area (TPSA) is 43.4 Å². The molecule has 0 N–H and O–H groups in total. The smallest absolute Gasteiger partial charge is 0.306 e. The second-order valence-electron chi connectivity index (χ2n) is 3.96. The highest BCUT2D eigenvalue weighted by atomic mass is 79.9. The fraction of sp³-hybridized carbons (Fsp3) is 0.231. The summed E-state index contributed by atoms with van der Waals surface area (Å²) in [6, 6.07) is 5.07. The van der Waals surface area contributed by atoms with Crippen LogP contribution in [0.5, 0.6) is 0 Å². The molecule has 5 heteroatoms. The number of fused-ring (bicyclic) bond motifs is 1. The van der Waals surface area contributed by atoms with Crippen molar-refractivity contribution in [1.29, 1.82) is 0 Å². The van der Waals surface area contributed by atoms with Gasteiger partial charge in [0.05, 0.1) is 19.4 Å². The van der Waals surface area contributed by atoms with Crippen molar-refractivity contribution in [1.82, 2.24) is 0 Å².